The summed E-state index contributed by atoms with van der Waals surface area (Å²) in [6.07, 6.45) is 1.23. The summed E-state index contributed by atoms with van der Waals surface area (Å²) in [5, 5.41) is 13.1. The molecule has 1 aromatic rings. The first kappa shape index (κ1) is 19.4. The minimum absolute atomic E-state index is 0.0542. The summed E-state index contributed by atoms with van der Waals surface area (Å²) in [5.74, 6) is 0. The highest BCUT2D eigenvalue weighted by molar-refractivity contribution is 5.15. The van der Waals surface area contributed by atoms with Gasteiger partial charge >= 0.3 is 0 Å². The Kier molecular flexibility index (Phi) is 6.11. The number of benzene rings is 1. The Bertz CT molecular complexity index is 506. The molecule has 0 radical (unpaired) electrons. The van der Waals surface area contributed by atoms with Gasteiger partial charge in [-0.05, 0) is 23.9 Å². The fourth-order valence-electron chi connectivity index (χ4n) is 3.65. The van der Waals surface area contributed by atoms with Crippen molar-refractivity contribution in [1.82, 2.24) is 10.2 Å². The predicted octanol–water partition coefficient (Wildman–Crippen LogP) is 3.53. The normalized spacial score (nSPS) is 22.9. The van der Waals surface area contributed by atoms with Crippen molar-refractivity contribution in [3.8, 4) is 0 Å². The first-order chi connectivity index (χ1) is 11.2. The standard InChI is InChI=1S/C21H36N2O/c1-19(2,3)21(15-22-14-20(4,5)17-24)11-12-23(16-21)13-18-9-7-6-8-10-18/h6-10,22,24H,11-17H2,1-5H3. The Labute approximate surface area is 148 Å². The highest BCUT2D eigenvalue weighted by Gasteiger charge is 2.46. The number of nitrogens with one attached hydrogen (secondary N) is 1. The van der Waals surface area contributed by atoms with Gasteiger partial charge in [0.15, 0.2) is 0 Å². The largest absolute Gasteiger partial charge is 0.396 e. The summed E-state index contributed by atoms with van der Waals surface area (Å²) in [6.45, 7) is 16.8. The van der Waals surface area contributed by atoms with Crippen molar-refractivity contribution < 1.29 is 5.11 Å². The summed E-state index contributed by atoms with van der Waals surface area (Å²) >= 11 is 0. The number of aliphatic hydroxyl groups is 1. The van der Waals surface area contributed by atoms with Gasteiger partial charge in [-0.25, -0.2) is 0 Å². The van der Waals surface area contributed by atoms with E-state index in [4.69, 9.17) is 0 Å². The number of rotatable bonds is 7. The van der Waals surface area contributed by atoms with E-state index in [9.17, 15) is 5.11 Å². The molecule has 1 aromatic carbocycles. The molecular weight excluding hydrogens is 296 g/mol. The fraction of sp³-hybridized carbons (Fsp3) is 0.714. The second-order valence-electron chi connectivity index (χ2n) is 9.40. The van der Waals surface area contributed by atoms with Gasteiger partial charge in [-0.1, -0.05) is 65.0 Å². The van der Waals surface area contributed by atoms with Crippen molar-refractivity contribution in [2.24, 2.45) is 16.2 Å². The SMILES string of the molecule is CC(C)(CO)CNCC1(C(C)(C)C)CCN(Cc2ccccc2)C1. The predicted molar refractivity (Wildman–Crippen MR) is 102 cm³/mol. The van der Waals surface area contributed by atoms with E-state index in [-0.39, 0.29) is 22.9 Å². The number of aliphatic hydroxyl groups excluding tert-OH is 1. The van der Waals surface area contributed by atoms with Crippen LogP contribution in [0.2, 0.25) is 0 Å². The topological polar surface area (TPSA) is 35.5 Å². The average Bonchev–Trinajstić information content (AvgIpc) is 2.92. The second-order valence-corrected chi connectivity index (χ2v) is 9.40. The Hall–Kier alpha value is -0.900. The van der Waals surface area contributed by atoms with Crippen molar-refractivity contribution in [1.29, 1.82) is 0 Å². The van der Waals surface area contributed by atoms with Crippen molar-refractivity contribution in [3.05, 3.63) is 35.9 Å². The molecule has 2 rings (SSSR count). The molecule has 1 unspecified atom stereocenters. The van der Waals surface area contributed by atoms with Crippen molar-refractivity contribution >= 4 is 0 Å². The highest BCUT2D eigenvalue weighted by Crippen LogP contribution is 2.46. The van der Waals surface area contributed by atoms with E-state index >= 15 is 0 Å². The van der Waals surface area contributed by atoms with E-state index in [0.29, 0.717) is 0 Å². The molecule has 2 N–H and O–H groups in total. The van der Waals surface area contributed by atoms with Crippen molar-refractivity contribution in [3.63, 3.8) is 0 Å². The van der Waals surface area contributed by atoms with Gasteiger partial charge < -0.3 is 10.4 Å². The van der Waals surface area contributed by atoms with Gasteiger partial charge in [-0.3, -0.25) is 4.90 Å². The van der Waals surface area contributed by atoms with Crippen LogP contribution in [0.15, 0.2) is 30.3 Å². The molecule has 0 aliphatic carbocycles. The molecule has 24 heavy (non-hydrogen) atoms. The quantitative estimate of drug-likeness (QED) is 0.802. The molecule has 1 heterocycles. The third-order valence-electron chi connectivity index (χ3n) is 5.77. The fourth-order valence-corrected chi connectivity index (χ4v) is 3.65. The summed E-state index contributed by atoms with van der Waals surface area (Å²) in [7, 11) is 0. The molecule has 1 aliphatic heterocycles. The van der Waals surface area contributed by atoms with E-state index in [0.717, 1.165) is 32.7 Å². The zero-order valence-electron chi connectivity index (χ0n) is 16.2. The van der Waals surface area contributed by atoms with E-state index in [2.05, 4.69) is 75.2 Å². The van der Waals surface area contributed by atoms with Crippen LogP contribution in [0.25, 0.3) is 0 Å². The van der Waals surface area contributed by atoms with Crippen LogP contribution in [-0.2, 0) is 6.54 Å². The zero-order chi connectivity index (χ0) is 17.8. The van der Waals surface area contributed by atoms with Crippen LogP contribution in [0.5, 0.6) is 0 Å². The Morgan fingerprint density at radius 1 is 1.12 bits per heavy atom. The molecule has 0 aromatic heterocycles. The van der Waals surface area contributed by atoms with Crippen LogP contribution in [-0.4, -0.2) is 42.8 Å². The van der Waals surface area contributed by atoms with E-state index in [1.807, 2.05) is 0 Å². The van der Waals surface area contributed by atoms with Gasteiger partial charge in [0.25, 0.3) is 0 Å². The lowest BCUT2D eigenvalue weighted by atomic mass is 9.65. The first-order valence-corrected chi connectivity index (χ1v) is 9.25. The van der Waals surface area contributed by atoms with Crippen molar-refractivity contribution in [2.45, 2.75) is 47.6 Å². The van der Waals surface area contributed by atoms with Gasteiger partial charge in [0, 0.05) is 43.6 Å². The molecule has 1 aliphatic rings. The lowest BCUT2D eigenvalue weighted by molar-refractivity contribution is 0.0812. The molecule has 1 atom stereocenters. The monoisotopic (exact) mass is 332 g/mol. The lowest BCUT2D eigenvalue weighted by Crippen LogP contribution is -2.48. The molecule has 0 saturated carbocycles. The van der Waals surface area contributed by atoms with E-state index < -0.39 is 0 Å². The molecule has 1 saturated heterocycles. The minimum Gasteiger partial charge on any atom is -0.396 e. The summed E-state index contributed by atoms with van der Waals surface area (Å²) < 4.78 is 0. The Morgan fingerprint density at radius 3 is 2.38 bits per heavy atom. The van der Waals surface area contributed by atoms with Crippen LogP contribution in [0.1, 0.15) is 46.6 Å². The molecule has 0 amide bonds. The van der Waals surface area contributed by atoms with Gasteiger partial charge in [0.2, 0.25) is 0 Å². The number of hydrogen-bond donors (Lipinski definition) is 2. The van der Waals surface area contributed by atoms with Gasteiger partial charge in [0.1, 0.15) is 0 Å². The Balaban J connectivity index is 1.99. The van der Waals surface area contributed by atoms with Crippen molar-refractivity contribution in [2.75, 3.05) is 32.8 Å². The van der Waals surface area contributed by atoms with Crippen LogP contribution in [0.4, 0.5) is 0 Å². The molecule has 0 bridgehead atoms. The maximum absolute atomic E-state index is 9.47. The minimum atomic E-state index is -0.0542. The van der Waals surface area contributed by atoms with Crippen LogP contribution < -0.4 is 5.32 Å². The average molecular weight is 333 g/mol. The van der Waals surface area contributed by atoms with Gasteiger partial charge in [-0.15, -0.1) is 0 Å². The lowest BCUT2D eigenvalue weighted by Gasteiger charge is -2.43. The van der Waals surface area contributed by atoms with E-state index in [1.54, 1.807) is 0 Å². The third kappa shape index (κ3) is 4.81. The number of hydrogen-bond acceptors (Lipinski definition) is 3. The van der Waals surface area contributed by atoms with Crippen LogP contribution in [0.3, 0.4) is 0 Å². The summed E-state index contributed by atoms with van der Waals surface area (Å²) in [5.41, 5.74) is 1.89. The van der Waals surface area contributed by atoms with E-state index in [1.165, 1.54) is 12.0 Å². The van der Waals surface area contributed by atoms with Gasteiger partial charge in [-0.2, -0.15) is 0 Å². The maximum Gasteiger partial charge on any atom is 0.0494 e. The number of likely N-dealkylation sites (tertiary alicyclic amines) is 1. The second kappa shape index (κ2) is 7.55. The molecule has 3 heteroatoms. The van der Waals surface area contributed by atoms with Gasteiger partial charge in [0.05, 0.1) is 0 Å². The molecular formula is C21H36N2O. The molecule has 136 valence electrons. The maximum atomic E-state index is 9.47. The Morgan fingerprint density at radius 2 is 1.79 bits per heavy atom. The van der Waals surface area contributed by atoms with Crippen LogP contribution in [0, 0.1) is 16.2 Å². The molecule has 0 spiro atoms. The van der Waals surface area contributed by atoms with Crippen LogP contribution >= 0.6 is 0 Å². The summed E-state index contributed by atoms with van der Waals surface area (Å²) in [4.78, 5) is 2.60. The third-order valence-corrected chi connectivity index (χ3v) is 5.77. The number of nitrogens with zero attached hydrogens (tertiary/aromatic N) is 1. The highest BCUT2D eigenvalue weighted by atomic mass is 16.3. The molecule has 1 fully saturated rings. The first-order valence-electron chi connectivity index (χ1n) is 9.25. The summed E-state index contributed by atoms with van der Waals surface area (Å²) in [6, 6.07) is 10.8. The molecule has 3 nitrogen and oxygen atoms in total. The zero-order valence-corrected chi connectivity index (χ0v) is 16.2. The smallest absolute Gasteiger partial charge is 0.0494 e.